The van der Waals surface area contributed by atoms with E-state index in [-0.39, 0.29) is 29.8 Å². The van der Waals surface area contributed by atoms with E-state index < -0.39 is 5.66 Å². The summed E-state index contributed by atoms with van der Waals surface area (Å²) >= 11 is 0. The number of benzene rings is 1. The van der Waals surface area contributed by atoms with Crippen molar-refractivity contribution in [3.05, 3.63) is 41.2 Å². The summed E-state index contributed by atoms with van der Waals surface area (Å²) in [6.45, 7) is 14.7. The van der Waals surface area contributed by atoms with E-state index in [2.05, 4.69) is 77.7 Å². The number of aromatic nitrogens is 4. The predicted molar refractivity (Wildman–Crippen MR) is 167 cm³/mol. The first-order chi connectivity index (χ1) is 20.4. The number of nitrogens with one attached hydrogen (secondary N) is 3. The molecule has 3 fully saturated rings. The third kappa shape index (κ3) is 6.93. The van der Waals surface area contributed by atoms with Crippen molar-refractivity contribution in [1.82, 2.24) is 36.2 Å². The summed E-state index contributed by atoms with van der Waals surface area (Å²) in [5.41, 5.74) is 1.79. The Labute approximate surface area is 256 Å². The molecule has 2 saturated carbocycles. The number of aliphatic imine (C=N–C) groups is 1. The molecule has 10 heteroatoms. The lowest BCUT2D eigenvalue weighted by molar-refractivity contribution is -0.133. The van der Waals surface area contributed by atoms with Crippen molar-refractivity contribution in [2.24, 2.45) is 27.7 Å². The van der Waals surface area contributed by atoms with Crippen LogP contribution in [0.15, 0.2) is 29.3 Å². The highest BCUT2D eigenvalue weighted by molar-refractivity contribution is 6.40. The van der Waals surface area contributed by atoms with Crippen LogP contribution in [0.5, 0.6) is 0 Å². The zero-order chi connectivity index (χ0) is 30.8. The number of aromatic amines is 1. The maximum absolute atomic E-state index is 14.2. The molecule has 1 aromatic heterocycles. The summed E-state index contributed by atoms with van der Waals surface area (Å²) in [5.74, 6) is 1.92. The van der Waals surface area contributed by atoms with Crippen molar-refractivity contribution in [2.75, 3.05) is 6.54 Å². The van der Waals surface area contributed by atoms with E-state index in [1.54, 1.807) is 0 Å². The normalized spacial score (nSPS) is 22.6. The molecule has 0 radical (unpaired) electrons. The van der Waals surface area contributed by atoms with Crippen molar-refractivity contribution >= 4 is 17.6 Å². The summed E-state index contributed by atoms with van der Waals surface area (Å²) in [6.07, 6.45) is 9.51. The summed E-state index contributed by atoms with van der Waals surface area (Å²) in [5, 5.41) is 20.2. The summed E-state index contributed by atoms with van der Waals surface area (Å²) < 4.78 is 0. The van der Waals surface area contributed by atoms with E-state index in [4.69, 9.17) is 4.99 Å². The van der Waals surface area contributed by atoms with Crippen LogP contribution in [0.1, 0.15) is 127 Å². The molecule has 2 heterocycles. The maximum Gasteiger partial charge on any atom is 0.291 e. The first-order valence-electron chi connectivity index (χ1n) is 16.2. The molecule has 1 aromatic carbocycles. The highest BCUT2D eigenvalue weighted by Crippen LogP contribution is 2.47. The largest absolute Gasteiger partial charge is 0.345 e. The minimum atomic E-state index is -0.437. The number of hydrogen-bond acceptors (Lipinski definition) is 6. The van der Waals surface area contributed by atoms with Crippen LogP contribution in [-0.2, 0) is 11.3 Å². The molecule has 1 spiro atoms. The number of H-pyrrole nitrogens is 1. The van der Waals surface area contributed by atoms with Gasteiger partial charge in [-0.3, -0.25) is 14.6 Å². The lowest BCUT2D eigenvalue weighted by Gasteiger charge is -2.48. The standard InChI is InChI=1S/C33H50N8O2/c1-7-26(23-8-10-24(11-9-23)29(42)35-21-27-37-39-40-38-27)41-30(43)28(34-20-22-12-16-32(5,6)17-13-22)36-33(41)18-14-25(15-19-33)31(2,3)4/h8-11,22,25-26H,7,12-21H2,1-6H3,(H,34,36)(H,35,42)(H,37,38,39,40)/t25?,26-,33?/m1/s1. The van der Waals surface area contributed by atoms with Gasteiger partial charge in [0.1, 0.15) is 5.66 Å². The Morgan fingerprint density at radius 2 is 1.77 bits per heavy atom. The molecule has 234 valence electrons. The fraction of sp³-hybridized carbons (Fsp3) is 0.697. The molecule has 1 saturated heterocycles. The van der Waals surface area contributed by atoms with Crippen molar-refractivity contribution in [2.45, 2.75) is 118 Å². The number of carbonyl (C=O) groups is 2. The topological polar surface area (TPSA) is 128 Å². The van der Waals surface area contributed by atoms with Crippen molar-refractivity contribution < 1.29 is 9.59 Å². The van der Waals surface area contributed by atoms with Crippen LogP contribution in [0.4, 0.5) is 0 Å². The van der Waals surface area contributed by atoms with Gasteiger partial charge in [0, 0.05) is 12.1 Å². The second kappa shape index (κ2) is 12.4. The van der Waals surface area contributed by atoms with Gasteiger partial charge >= 0.3 is 0 Å². The molecule has 2 aliphatic carbocycles. The van der Waals surface area contributed by atoms with Crippen molar-refractivity contribution in [3.8, 4) is 0 Å². The number of carbonyl (C=O) groups excluding carboxylic acids is 2. The first kappa shape index (κ1) is 31.1. The predicted octanol–water partition coefficient (Wildman–Crippen LogP) is 5.56. The molecular weight excluding hydrogens is 540 g/mol. The lowest BCUT2D eigenvalue weighted by atomic mass is 9.69. The second-order valence-corrected chi connectivity index (χ2v) is 14.8. The van der Waals surface area contributed by atoms with Crippen LogP contribution in [-0.4, -0.2) is 55.4 Å². The molecule has 3 N–H and O–H groups in total. The Bertz CT molecular complexity index is 1280. The van der Waals surface area contributed by atoms with Crippen LogP contribution in [0.3, 0.4) is 0 Å². The monoisotopic (exact) mass is 590 g/mol. The zero-order valence-electron chi connectivity index (χ0n) is 26.9. The van der Waals surface area contributed by atoms with Gasteiger partial charge in [0.2, 0.25) is 0 Å². The average Bonchev–Trinajstić information content (AvgIpc) is 3.59. The number of amides is 2. The molecular formula is C33H50N8O2. The van der Waals surface area contributed by atoms with Gasteiger partial charge in [-0.1, -0.05) is 58.9 Å². The molecule has 43 heavy (non-hydrogen) atoms. The minimum absolute atomic E-state index is 0.0131. The van der Waals surface area contributed by atoms with Gasteiger partial charge in [-0.2, -0.15) is 5.21 Å². The fourth-order valence-corrected chi connectivity index (χ4v) is 7.32. The molecule has 3 aliphatic rings. The second-order valence-electron chi connectivity index (χ2n) is 14.8. The smallest absolute Gasteiger partial charge is 0.291 e. The van der Waals surface area contributed by atoms with Gasteiger partial charge in [-0.15, -0.1) is 10.2 Å². The first-order valence-corrected chi connectivity index (χ1v) is 16.2. The van der Waals surface area contributed by atoms with E-state index in [0.29, 0.717) is 41.0 Å². The van der Waals surface area contributed by atoms with Gasteiger partial charge in [0.25, 0.3) is 11.8 Å². The highest BCUT2D eigenvalue weighted by Gasteiger charge is 2.53. The third-order valence-electron chi connectivity index (χ3n) is 10.3. The summed E-state index contributed by atoms with van der Waals surface area (Å²) in [7, 11) is 0. The number of amidine groups is 1. The van der Waals surface area contributed by atoms with Gasteiger partial charge in [-0.25, -0.2) is 0 Å². The van der Waals surface area contributed by atoms with E-state index in [0.717, 1.165) is 37.7 Å². The Morgan fingerprint density at radius 1 is 1.09 bits per heavy atom. The Balaban J connectivity index is 1.35. The molecule has 5 rings (SSSR count). The van der Waals surface area contributed by atoms with Crippen LogP contribution >= 0.6 is 0 Å². The number of hydrogen-bond donors (Lipinski definition) is 3. The number of nitrogens with zero attached hydrogens (tertiary/aromatic N) is 5. The number of tetrazole rings is 1. The lowest BCUT2D eigenvalue weighted by Crippen LogP contribution is -2.56. The van der Waals surface area contributed by atoms with E-state index in [1.807, 2.05) is 24.3 Å². The molecule has 2 aromatic rings. The van der Waals surface area contributed by atoms with Crippen LogP contribution < -0.4 is 10.6 Å². The van der Waals surface area contributed by atoms with Gasteiger partial charge in [0.05, 0.1) is 12.6 Å². The summed E-state index contributed by atoms with van der Waals surface area (Å²) in [6, 6.07) is 7.52. The number of rotatable bonds is 8. The Kier molecular flexibility index (Phi) is 8.95. The molecule has 0 unspecified atom stereocenters. The fourth-order valence-electron chi connectivity index (χ4n) is 7.32. The van der Waals surface area contributed by atoms with Crippen LogP contribution in [0.25, 0.3) is 0 Å². The average molecular weight is 591 g/mol. The van der Waals surface area contributed by atoms with Crippen LogP contribution in [0.2, 0.25) is 0 Å². The summed E-state index contributed by atoms with van der Waals surface area (Å²) in [4.78, 5) is 34.1. The zero-order valence-corrected chi connectivity index (χ0v) is 26.9. The van der Waals surface area contributed by atoms with E-state index >= 15 is 0 Å². The van der Waals surface area contributed by atoms with E-state index in [9.17, 15) is 9.59 Å². The molecule has 10 nitrogen and oxygen atoms in total. The SMILES string of the molecule is CC[C@H](c1ccc(C(=O)NCc2nn[nH]n2)cc1)N1C(=O)C(=NCC2CCC(C)(C)CC2)NC12CCC(C(C)(C)C)CC2. The molecule has 1 atom stereocenters. The maximum atomic E-state index is 14.2. The highest BCUT2D eigenvalue weighted by atomic mass is 16.2. The van der Waals surface area contributed by atoms with Gasteiger partial charge in [0.15, 0.2) is 11.7 Å². The third-order valence-corrected chi connectivity index (χ3v) is 10.3. The van der Waals surface area contributed by atoms with Crippen molar-refractivity contribution in [1.29, 1.82) is 0 Å². The minimum Gasteiger partial charge on any atom is -0.345 e. The van der Waals surface area contributed by atoms with Gasteiger partial charge < -0.3 is 15.5 Å². The van der Waals surface area contributed by atoms with Crippen LogP contribution in [0, 0.1) is 22.7 Å². The molecule has 2 amide bonds. The van der Waals surface area contributed by atoms with E-state index in [1.165, 1.54) is 25.7 Å². The molecule has 0 bridgehead atoms. The Hall–Kier alpha value is -3.30. The quantitative estimate of drug-likeness (QED) is 0.369. The Morgan fingerprint density at radius 3 is 2.35 bits per heavy atom. The van der Waals surface area contributed by atoms with Crippen molar-refractivity contribution in [3.63, 3.8) is 0 Å². The molecule has 1 aliphatic heterocycles. The van der Waals surface area contributed by atoms with Gasteiger partial charge in [-0.05, 0) is 98.1 Å².